The summed E-state index contributed by atoms with van der Waals surface area (Å²) in [5, 5.41) is 22.1. The average Bonchev–Trinajstić information content (AvgIpc) is 3.43. The smallest absolute Gasteiger partial charge is 0.267 e. The van der Waals surface area contributed by atoms with Gasteiger partial charge in [0.2, 0.25) is 0 Å². The molecule has 0 bridgehead atoms. The van der Waals surface area contributed by atoms with Gasteiger partial charge in [-0.25, -0.2) is 14.6 Å². The minimum atomic E-state index is -0.278. The van der Waals surface area contributed by atoms with Gasteiger partial charge in [0, 0.05) is 17.3 Å². The van der Waals surface area contributed by atoms with Gasteiger partial charge < -0.3 is 15.7 Å². The number of aromatic hydroxyl groups is 1. The molecule has 1 aromatic carbocycles. The van der Waals surface area contributed by atoms with E-state index in [-0.39, 0.29) is 11.7 Å². The van der Waals surface area contributed by atoms with E-state index in [0.717, 1.165) is 21.8 Å². The van der Waals surface area contributed by atoms with E-state index in [1.807, 2.05) is 27.0 Å². The number of nitrogens with one attached hydrogen (secondary N) is 2. The Labute approximate surface area is 181 Å². The number of carbonyl (C=O) groups excluding carboxylic acids is 1. The van der Waals surface area contributed by atoms with Crippen LogP contribution < -0.4 is 10.6 Å². The molecule has 0 fully saturated rings. The van der Waals surface area contributed by atoms with Crippen molar-refractivity contribution in [3.63, 3.8) is 0 Å². The summed E-state index contributed by atoms with van der Waals surface area (Å²) in [6, 6.07) is 3.38. The summed E-state index contributed by atoms with van der Waals surface area (Å²) < 4.78 is 1.79. The van der Waals surface area contributed by atoms with Gasteiger partial charge in [-0.2, -0.15) is 0 Å². The lowest BCUT2D eigenvalue weighted by Gasteiger charge is -2.11. The summed E-state index contributed by atoms with van der Waals surface area (Å²) >= 11 is 2.75. The van der Waals surface area contributed by atoms with Crippen molar-refractivity contribution in [2.24, 2.45) is 0 Å². The summed E-state index contributed by atoms with van der Waals surface area (Å²) in [5.74, 6) is 0.536. The van der Waals surface area contributed by atoms with Crippen molar-refractivity contribution >= 4 is 45.2 Å². The Hall–Kier alpha value is -3.24. The van der Waals surface area contributed by atoms with Crippen molar-refractivity contribution in [3.05, 3.63) is 57.3 Å². The van der Waals surface area contributed by atoms with Crippen LogP contribution in [0, 0.1) is 27.7 Å². The standard InChI is InChI=1S/C20H20N6O2S2/c1-10-5-6-14(27)12(3)16(10)23-18(28)15-7-21-20(30-15)24-17-11(2)8-26(25-17)19-13(4)22-9-29-19/h5-9,27H,1-4H3,(H,23,28)(H,21,24,25). The maximum atomic E-state index is 12.7. The maximum absolute atomic E-state index is 12.7. The molecule has 3 heterocycles. The molecule has 3 N–H and O–H groups in total. The van der Waals surface area contributed by atoms with Crippen LogP contribution in [0.3, 0.4) is 0 Å². The van der Waals surface area contributed by atoms with Crippen LogP contribution in [0.1, 0.15) is 32.1 Å². The first-order chi connectivity index (χ1) is 14.3. The summed E-state index contributed by atoms with van der Waals surface area (Å²) in [6.45, 7) is 7.54. The summed E-state index contributed by atoms with van der Waals surface area (Å²) in [5.41, 5.74) is 5.77. The Morgan fingerprint density at radius 1 is 1.13 bits per heavy atom. The van der Waals surface area contributed by atoms with Crippen molar-refractivity contribution in [1.29, 1.82) is 0 Å². The van der Waals surface area contributed by atoms with Crippen molar-refractivity contribution in [1.82, 2.24) is 19.7 Å². The highest BCUT2D eigenvalue weighted by Gasteiger charge is 2.16. The molecular formula is C20H20N6O2S2. The number of thiazole rings is 2. The number of benzene rings is 1. The molecule has 8 nitrogen and oxygen atoms in total. The predicted octanol–water partition coefficient (Wildman–Crippen LogP) is 4.72. The van der Waals surface area contributed by atoms with E-state index in [9.17, 15) is 9.90 Å². The van der Waals surface area contributed by atoms with E-state index in [1.54, 1.807) is 29.2 Å². The van der Waals surface area contributed by atoms with Crippen molar-refractivity contribution < 1.29 is 9.90 Å². The van der Waals surface area contributed by atoms with E-state index in [4.69, 9.17) is 0 Å². The van der Waals surface area contributed by atoms with Crippen LogP contribution in [-0.2, 0) is 0 Å². The molecule has 1 amide bonds. The first kappa shape index (κ1) is 20.0. The first-order valence-corrected chi connectivity index (χ1v) is 10.8. The Balaban J connectivity index is 1.51. The summed E-state index contributed by atoms with van der Waals surface area (Å²) in [4.78, 5) is 21.7. The molecule has 0 radical (unpaired) electrons. The molecule has 0 saturated heterocycles. The quantitative estimate of drug-likeness (QED) is 0.415. The number of hydrogen-bond donors (Lipinski definition) is 3. The van der Waals surface area contributed by atoms with Gasteiger partial charge in [-0.3, -0.25) is 4.79 Å². The zero-order valence-electron chi connectivity index (χ0n) is 16.8. The van der Waals surface area contributed by atoms with Crippen molar-refractivity contribution in [3.8, 4) is 10.8 Å². The van der Waals surface area contributed by atoms with E-state index in [2.05, 4.69) is 25.7 Å². The number of nitrogens with zero attached hydrogens (tertiary/aromatic N) is 4. The van der Waals surface area contributed by atoms with Crippen molar-refractivity contribution in [2.45, 2.75) is 27.7 Å². The number of phenolic OH excluding ortho intramolecular Hbond substituents is 1. The number of aromatic nitrogens is 4. The molecule has 0 atom stereocenters. The van der Waals surface area contributed by atoms with E-state index < -0.39 is 0 Å². The topological polar surface area (TPSA) is 105 Å². The fourth-order valence-corrected chi connectivity index (χ4v) is 4.39. The molecule has 0 spiro atoms. The second-order valence-corrected chi connectivity index (χ2v) is 8.72. The molecule has 0 aliphatic heterocycles. The first-order valence-electron chi connectivity index (χ1n) is 9.13. The Morgan fingerprint density at radius 2 is 1.93 bits per heavy atom. The van der Waals surface area contributed by atoms with Gasteiger partial charge in [0.25, 0.3) is 5.91 Å². The molecule has 0 aliphatic rings. The molecule has 154 valence electrons. The fourth-order valence-electron chi connectivity index (χ4n) is 2.94. The number of hydrogen-bond acceptors (Lipinski definition) is 8. The normalized spacial score (nSPS) is 10.9. The number of phenols is 1. The highest BCUT2D eigenvalue weighted by atomic mass is 32.1. The van der Waals surface area contributed by atoms with Crippen LogP contribution in [-0.4, -0.2) is 30.8 Å². The molecule has 0 unspecified atom stereocenters. The van der Waals surface area contributed by atoms with E-state index in [0.29, 0.717) is 27.1 Å². The van der Waals surface area contributed by atoms with Crippen LogP contribution >= 0.6 is 22.7 Å². The van der Waals surface area contributed by atoms with Gasteiger partial charge >= 0.3 is 0 Å². The summed E-state index contributed by atoms with van der Waals surface area (Å²) in [6.07, 6.45) is 3.45. The van der Waals surface area contributed by atoms with Crippen molar-refractivity contribution in [2.75, 3.05) is 10.6 Å². The Bertz CT molecular complexity index is 1240. The molecule has 3 aromatic heterocycles. The predicted molar refractivity (Wildman–Crippen MR) is 120 cm³/mol. The van der Waals surface area contributed by atoms with Crippen LogP contribution in [0.15, 0.2) is 30.0 Å². The second-order valence-electron chi connectivity index (χ2n) is 6.86. The van der Waals surface area contributed by atoms with Gasteiger partial charge in [0.05, 0.1) is 23.1 Å². The Kier molecular flexibility index (Phi) is 5.27. The summed E-state index contributed by atoms with van der Waals surface area (Å²) in [7, 11) is 0. The van der Waals surface area contributed by atoms with Gasteiger partial charge in [-0.15, -0.1) is 16.4 Å². The maximum Gasteiger partial charge on any atom is 0.267 e. The zero-order chi connectivity index (χ0) is 21.4. The molecule has 30 heavy (non-hydrogen) atoms. The average molecular weight is 441 g/mol. The third kappa shape index (κ3) is 3.79. The Morgan fingerprint density at radius 3 is 2.67 bits per heavy atom. The van der Waals surface area contributed by atoms with Gasteiger partial charge in [0.15, 0.2) is 10.9 Å². The third-order valence-corrected chi connectivity index (χ3v) is 6.49. The minimum Gasteiger partial charge on any atom is -0.508 e. The van der Waals surface area contributed by atoms with Crippen LogP contribution in [0.2, 0.25) is 0 Å². The van der Waals surface area contributed by atoms with Crippen LogP contribution in [0.25, 0.3) is 5.00 Å². The number of rotatable bonds is 5. The van der Waals surface area contributed by atoms with E-state index >= 15 is 0 Å². The zero-order valence-corrected chi connectivity index (χ0v) is 18.5. The number of amides is 1. The SMILES string of the molecule is Cc1cn(-c2scnc2C)nc1Nc1ncc(C(=O)Nc2c(C)ccc(O)c2C)s1. The fraction of sp³-hybridized carbons (Fsp3) is 0.200. The lowest BCUT2D eigenvalue weighted by molar-refractivity contribution is 0.103. The van der Waals surface area contributed by atoms with Crippen LogP contribution in [0.4, 0.5) is 16.6 Å². The highest BCUT2D eigenvalue weighted by Crippen LogP contribution is 2.30. The molecule has 10 heteroatoms. The van der Waals surface area contributed by atoms with Gasteiger partial charge in [-0.1, -0.05) is 17.4 Å². The second kappa shape index (κ2) is 7.88. The molecule has 0 saturated carbocycles. The third-order valence-electron chi connectivity index (χ3n) is 4.66. The van der Waals surface area contributed by atoms with Gasteiger partial charge in [0.1, 0.15) is 15.6 Å². The van der Waals surface area contributed by atoms with E-state index in [1.165, 1.54) is 28.9 Å². The lowest BCUT2D eigenvalue weighted by Crippen LogP contribution is -2.12. The van der Waals surface area contributed by atoms with Gasteiger partial charge in [-0.05, 0) is 39.3 Å². The monoisotopic (exact) mass is 440 g/mol. The highest BCUT2D eigenvalue weighted by molar-refractivity contribution is 7.17. The number of carbonyl (C=O) groups is 1. The molecule has 0 aliphatic carbocycles. The molecular weight excluding hydrogens is 420 g/mol. The molecule has 4 aromatic rings. The number of anilines is 3. The van der Waals surface area contributed by atoms with Crippen LogP contribution in [0.5, 0.6) is 5.75 Å². The minimum absolute atomic E-state index is 0.143. The lowest BCUT2D eigenvalue weighted by atomic mass is 10.1. The largest absolute Gasteiger partial charge is 0.508 e. The molecule has 4 rings (SSSR count). The number of aryl methyl sites for hydroxylation is 3.